The number of carbonyl (C=O) groups is 1. The van der Waals surface area contributed by atoms with E-state index in [4.69, 9.17) is 0 Å². The lowest BCUT2D eigenvalue weighted by Crippen LogP contribution is -2.41. The van der Waals surface area contributed by atoms with Crippen LogP contribution in [0.15, 0.2) is 24.8 Å². The zero-order chi connectivity index (χ0) is 18.0. The third-order valence-corrected chi connectivity index (χ3v) is 4.39. The molecular weight excluding hydrogens is 323 g/mol. The molecule has 7 nitrogen and oxygen atoms in total. The molecule has 132 valence electrons. The van der Waals surface area contributed by atoms with E-state index >= 15 is 0 Å². The van der Waals surface area contributed by atoms with Gasteiger partial charge in [-0.2, -0.15) is 0 Å². The maximum absolute atomic E-state index is 14.0. The molecule has 0 saturated carbocycles. The van der Waals surface area contributed by atoms with Crippen LogP contribution in [0, 0.1) is 13.8 Å². The molecule has 2 atom stereocenters. The first-order chi connectivity index (χ1) is 12.0. The van der Waals surface area contributed by atoms with Crippen LogP contribution in [0.1, 0.15) is 28.3 Å². The van der Waals surface area contributed by atoms with Crippen LogP contribution < -0.4 is 4.90 Å². The molecule has 0 N–H and O–H groups in total. The molecule has 3 heterocycles. The predicted octanol–water partition coefficient (Wildman–Crippen LogP) is 1.57. The van der Waals surface area contributed by atoms with E-state index < -0.39 is 6.17 Å². The van der Waals surface area contributed by atoms with Gasteiger partial charge in [-0.25, -0.2) is 24.3 Å². The van der Waals surface area contributed by atoms with Crippen molar-refractivity contribution >= 4 is 11.7 Å². The highest BCUT2D eigenvalue weighted by Gasteiger charge is 2.34. The molecule has 0 bridgehead atoms. The Morgan fingerprint density at radius 3 is 2.88 bits per heavy atom. The largest absolute Gasteiger partial charge is 0.349 e. The average molecular weight is 344 g/mol. The summed E-state index contributed by atoms with van der Waals surface area (Å²) in [6.45, 7) is 4.24. The molecule has 1 amide bonds. The normalized spacial score (nSPS) is 19.9. The summed E-state index contributed by atoms with van der Waals surface area (Å²) in [5.41, 5.74) is 1.11. The fourth-order valence-electron chi connectivity index (χ4n) is 3.16. The molecule has 25 heavy (non-hydrogen) atoms. The van der Waals surface area contributed by atoms with Crippen molar-refractivity contribution in [1.29, 1.82) is 0 Å². The summed E-state index contributed by atoms with van der Waals surface area (Å²) < 4.78 is 14.0. The molecule has 1 saturated heterocycles. The van der Waals surface area contributed by atoms with Gasteiger partial charge in [0, 0.05) is 32.4 Å². The highest BCUT2D eigenvalue weighted by atomic mass is 19.1. The standard InChI is InChI=1S/C17H21FN6O/c1-11-15(7-20-12(2)22-11)17(25)23(3)9-14-6-13(18)8-24(14)16-4-5-19-10-21-16/h4-5,7,10,13-14H,6,8-9H2,1-3H3/t13-,14-/m0/s1. The molecule has 1 aliphatic heterocycles. The van der Waals surface area contributed by atoms with Crippen molar-refractivity contribution in [2.24, 2.45) is 0 Å². The smallest absolute Gasteiger partial charge is 0.257 e. The minimum absolute atomic E-state index is 0.134. The van der Waals surface area contributed by atoms with Crippen molar-refractivity contribution in [3.63, 3.8) is 0 Å². The number of aryl methyl sites for hydroxylation is 2. The van der Waals surface area contributed by atoms with Gasteiger partial charge in [-0.3, -0.25) is 4.79 Å². The first-order valence-corrected chi connectivity index (χ1v) is 8.18. The number of hydrogen-bond donors (Lipinski definition) is 0. The number of amides is 1. The van der Waals surface area contributed by atoms with E-state index in [1.54, 1.807) is 44.3 Å². The van der Waals surface area contributed by atoms with Crippen molar-refractivity contribution < 1.29 is 9.18 Å². The van der Waals surface area contributed by atoms with E-state index in [0.717, 1.165) is 0 Å². The molecular formula is C17H21FN6O. The predicted molar refractivity (Wildman–Crippen MR) is 91.1 cm³/mol. The third kappa shape index (κ3) is 3.72. The van der Waals surface area contributed by atoms with Gasteiger partial charge in [-0.15, -0.1) is 0 Å². The van der Waals surface area contributed by atoms with E-state index in [1.165, 1.54) is 6.33 Å². The topological polar surface area (TPSA) is 75.1 Å². The third-order valence-electron chi connectivity index (χ3n) is 4.39. The Labute approximate surface area is 145 Å². The van der Waals surface area contributed by atoms with Crippen LogP contribution in [-0.2, 0) is 0 Å². The first-order valence-electron chi connectivity index (χ1n) is 8.18. The van der Waals surface area contributed by atoms with Crippen LogP contribution in [0.2, 0.25) is 0 Å². The SMILES string of the molecule is Cc1ncc(C(=O)N(C)C[C@@H]2C[C@H](F)CN2c2ccncn2)c(C)n1. The lowest BCUT2D eigenvalue weighted by atomic mass is 10.1. The van der Waals surface area contributed by atoms with Crippen LogP contribution in [-0.4, -0.2) is 63.1 Å². The zero-order valence-corrected chi connectivity index (χ0v) is 14.6. The number of alkyl halides is 1. The van der Waals surface area contributed by atoms with Gasteiger partial charge in [-0.1, -0.05) is 0 Å². The monoisotopic (exact) mass is 344 g/mol. The van der Waals surface area contributed by atoms with E-state index in [9.17, 15) is 9.18 Å². The summed E-state index contributed by atoms with van der Waals surface area (Å²) in [6, 6.07) is 1.62. The molecule has 2 aromatic heterocycles. The molecule has 0 unspecified atom stereocenters. The molecule has 8 heteroatoms. The molecule has 1 fully saturated rings. The Hall–Kier alpha value is -2.64. The zero-order valence-electron chi connectivity index (χ0n) is 14.6. The van der Waals surface area contributed by atoms with E-state index in [2.05, 4.69) is 19.9 Å². The molecule has 3 rings (SSSR count). The van der Waals surface area contributed by atoms with Gasteiger partial charge in [0.05, 0.1) is 23.8 Å². The Bertz CT molecular complexity index is 756. The highest BCUT2D eigenvalue weighted by Crippen LogP contribution is 2.26. The quantitative estimate of drug-likeness (QED) is 0.838. The first kappa shape index (κ1) is 17.2. The van der Waals surface area contributed by atoms with E-state index in [-0.39, 0.29) is 18.5 Å². The summed E-state index contributed by atoms with van der Waals surface area (Å²) in [5.74, 6) is 1.14. The molecule has 2 aromatic rings. The lowest BCUT2D eigenvalue weighted by molar-refractivity contribution is 0.0784. The Morgan fingerprint density at radius 2 is 2.20 bits per heavy atom. The molecule has 0 aromatic carbocycles. The molecule has 0 aliphatic carbocycles. The number of halogens is 1. The van der Waals surface area contributed by atoms with Crippen molar-refractivity contribution in [2.45, 2.75) is 32.5 Å². The number of carbonyl (C=O) groups excluding carboxylic acids is 1. The van der Waals surface area contributed by atoms with Crippen LogP contribution in [0.4, 0.5) is 10.2 Å². The number of likely N-dealkylation sites (N-methyl/N-ethyl adjacent to an activating group) is 1. The molecule has 0 spiro atoms. The Balaban J connectivity index is 1.74. The van der Waals surface area contributed by atoms with Crippen molar-refractivity contribution in [2.75, 3.05) is 25.0 Å². The Kier molecular flexibility index (Phi) is 4.87. The van der Waals surface area contributed by atoms with Crippen LogP contribution in [0.5, 0.6) is 0 Å². The van der Waals surface area contributed by atoms with Crippen molar-refractivity contribution in [3.8, 4) is 0 Å². The summed E-state index contributed by atoms with van der Waals surface area (Å²) in [5, 5.41) is 0. The fourth-order valence-corrected chi connectivity index (χ4v) is 3.16. The number of aromatic nitrogens is 4. The highest BCUT2D eigenvalue weighted by molar-refractivity contribution is 5.94. The maximum atomic E-state index is 14.0. The van der Waals surface area contributed by atoms with Gasteiger partial charge in [0.2, 0.25) is 0 Å². The average Bonchev–Trinajstić information content (AvgIpc) is 2.95. The van der Waals surface area contributed by atoms with E-state index in [0.29, 0.717) is 35.9 Å². The second-order valence-corrected chi connectivity index (χ2v) is 6.31. The van der Waals surface area contributed by atoms with E-state index in [1.807, 2.05) is 4.90 Å². The van der Waals surface area contributed by atoms with Crippen LogP contribution in [0.25, 0.3) is 0 Å². The second kappa shape index (κ2) is 7.08. The summed E-state index contributed by atoms with van der Waals surface area (Å²) in [4.78, 5) is 32.6. The van der Waals surface area contributed by atoms with Gasteiger partial charge < -0.3 is 9.80 Å². The van der Waals surface area contributed by atoms with Crippen LogP contribution >= 0.6 is 0 Å². The molecule has 0 radical (unpaired) electrons. The number of hydrogen-bond acceptors (Lipinski definition) is 6. The lowest BCUT2D eigenvalue weighted by Gasteiger charge is -2.29. The Morgan fingerprint density at radius 1 is 1.40 bits per heavy atom. The summed E-state index contributed by atoms with van der Waals surface area (Å²) >= 11 is 0. The van der Waals surface area contributed by atoms with Gasteiger partial charge >= 0.3 is 0 Å². The van der Waals surface area contributed by atoms with Crippen LogP contribution in [0.3, 0.4) is 0 Å². The second-order valence-electron chi connectivity index (χ2n) is 6.31. The minimum atomic E-state index is -0.937. The van der Waals surface area contributed by atoms with Gasteiger partial charge in [0.15, 0.2) is 0 Å². The van der Waals surface area contributed by atoms with Gasteiger partial charge in [0.1, 0.15) is 24.1 Å². The summed E-state index contributed by atoms with van der Waals surface area (Å²) in [7, 11) is 1.71. The minimum Gasteiger partial charge on any atom is -0.349 e. The number of rotatable bonds is 4. The maximum Gasteiger partial charge on any atom is 0.257 e. The van der Waals surface area contributed by atoms with Crippen molar-refractivity contribution in [1.82, 2.24) is 24.8 Å². The fraction of sp³-hybridized carbons (Fsp3) is 0.471. The van der Waals surface area contributed by atoms with Crippen molar-refractivity contribution in [3.05, 3.63) is 41.9 Å². The van der Waals surface area contributed by atoms with Gasteiger partial charge in [0.25, 0.3) is 5.91 Å². The number of nitrogens with zero attached hydrogens (tertiary/aromatic N) is 6. The summed E-state index contributed by atoms with van der Waals surface area (Å²) in [6.07, 6.45) is 4.05. The van der Waals surface area contributed by atoms with Gasteiger partial charge in [-0.05, 0) is 19.9 Å². The number of anilines is 1. The molecule has 1 aliphatic rings.